The first kappa shape index (κ1) is 20.1. The zero-order valence-corrected chi connectivity index (χ0v) is 18.1. The van der Waals surface area contributed by atoms with Crippen LogP contribution in [0.3, 0.4) is 0 Å². The lowest BCUT2D eigenvalue weighted by Crippen LogP contribution is -2.36. The quantitative estimate of drug-likeness (QED) is 0.516. The van der Waals surface area contributed by atoms with Crippen LogP contribution in [0.4, 0.5) is 5.82 Å². The number of morpholine rings is 1. The van der Waals surface area contributed by atoms with Crippen molar-refractivity contribution in [3.8, 4) is 22.5 Å². The van der Waals surface area contributed by atoms with Crippen molar-refractivity contribution in [1.29, 1.82) is 0 Å². The third kappa shape index (κ3) is 3.38. The minimum atomic E-state index is -0.435. The van der Waals surface area contributed by atoms with Crippen molar-refractivity contribution in [2.75, 3.05) is 31.2 Å². The van der Waals surface area contributed by atoms with E-state index in [1.54, 1.807) is 18.5 Å². The number of H-pyrrole nitrogens is 1. The zero-order chi connectivity index (χ0) is 22.2. The van der Waals surface area contributed by atoms with Gasteiger partial charge in [-0.2, -0.15) is 5.10 Å². The van der Waals surface area contributed by atoms with Gasteiger partial charge in [0, 0.05) is 36.4 Å². The molecular weight excluding hydrogens is 404 g/mol. The third-order valence-electron chi connectivity index (χ3n) is 6.01. The highest BCUT2D eigenvalue weighted by Crippen LogP contribution is 2.38. The monoisotopic (exact) mass is 428 g/mol. The summed E-state index contributed by atoms with van der Waals surface area (Å²) in [5.41, 5.74) is 12.4. The average molecular weight is 428 g/mol. The molecule has 1 fully saturated rings. The highest BCUT2D eigenvalue weighted by atomic mass is 16.5. The molecule has 4 heterocycles. The van der Waals surface area contributed by atoms with Gasteiger partial charge in [0.25, 0.3) is 0 Å². The predicted molar refractivity (Wildman–Crippen MR) is 124 cm³/mol. The Balaban J connectivity index is 1.84. The number of aryl methyl sites for hydroxylation is 1. The normalized spacial score (nSPS) is 14.1. The van der Waals surface area contributed by atoms with Gasteiger partial charge in [-0.25, -0.2) is 4.98 Å². The summed E-state index contributed by atoms with van der Waals surface area (Å²) >= 11 is 0. The van der Waals surface area contributed by atoms with E-state index in [9.17, 15) is 4.79 Å². The van der Waals surface area contributed by atoms with Crippen molar-refractivity contribution >= 4 is 22.6 Å². The molecule has 8 heteroatoms. The van der Waals surface area contributed by atoms with Gasteiger partial charge >= 0.3 is 0 Å². The van der Waals surface area contributed by atoms with Crippen molar-refractivity contribution in [3.63, 3.8) is 0 Å². The standard InChI is InChI=1S/C24H24N6O2/c1-14-3-4-16(24(25)31)15(2)21(14)18-13-20(30-9-11-32-12-10-30)28-22-17(18)5-7-26-23(22)19-6-8-27-29-19/h3-8,13H,9-12H2,1-2H3,(H2,25,31)(H,27,29). The number of carbonyl (C=O) groups excluding carboxylic acids is 1. The Bertz CT molecular complexity index is 1310. The summed E-state index contributed by atoms with van der Waals surface area (Å²) in [5, 5.41) is 8.04. The van der Waals surface area contributed by atoms with Gasteiger partial charge in [-0.15, -0.1) is 0 Å². The molecule has 1 amide bonds. The topological polar surface area (TPSA) is 110 Å². The molecule has 0 aliphatic carbocycles. The number of pyridine rings is 2. The van der Waals surface area contributed by atoms with Gasteiger partial charge in [-0.1, -0.05) is 6.07 Å². The molecule has 1 aromatic carbocycles. The number of anilines is 1. The summed E-state index contributed by atoms with van der Waals surface area (Å²) in [6, 6.07) is 9.69. The molecule has 3 N–H and O–H groups in total. The highest BCUT2D eigenvalue weighted by Gasteiger charge is 2.21. The maximum absolute atomic E-state index is 12.1. The molecule has 0 radical (unpaired) electrons. The number of ether oxygens (including phenoxy) is 1. The number of nitrogens with zero attached hydrogens (tertiary/aromatic N) is 4. The molecule has 1 saturated heterocycles. The van der Waals surface area contributed by atoms with Crippen LogP contribution in [0, 0.1) is 13.8 Å². The average Bonchev–Trinajstić information content (AvgIpc) is 3.33. The first-order valence-electron chi connectivity index (χ1n) is 10.6. The van der Waals surface area contributed by atoms with Crippen molar-refractivity contribution < 1.29 is 9.53 Å². The van der Waals surface area contributed by atoms with Crippen molar-refractivity contribution in [2.24, 2.45) is 5.73 Å². The Morgan fingerprint density at radius 1 is 1.12 bits per heavy atom. The minimum Gasteiger partial charge on any atom is -0.378 e. The lowest BCUT2D eigenvalue weighted by atomic mass is 9.90. The molecule has 162 valence electrons. The summed E-state index contributed by atoms with van der Waals surface area (Å²) in [6.07, 6.45) is 3.48. The molecule has 0 saturated carbocycles. The number of aromatic amines is 1. The molecule has 5 rings (SSSR count). The van der Waals surface area contributed by atoms with E-state index >= 15 is 0 Å². The molecule has 8 nitrogen and oxygen atoms in total. The van der Waals surface area contributed by atoms with E-state index in [4.69, 9.17) is 15.5 Å². The number of benzene rings is 1. The number of aromatic nitrogens is 4. The van der Waals surface area contributed by atoms with E-state index < -0.39 is 5.91 Å². The van der Waals surface area contributed by atoms with Gasteiger partial charge in [0.15, 0.2) is 0 Å². The lowest BCUT2D eigenvalue weighted by molar-refractivity contribution is 0.0999. The molecular formula is C24H24N6O2. The molecule has 3 aromatic heterocycles. The molecule has 1 aliphatic rings. The van der Waals surface area contributed by atoms with E-state index in [2.05, 4.69) is 26.1 Å². The van der Waals surface area contributed by atoms with Gasteiger partial charge in [-0.3, -0.25) is 14.9 Å². The second-order valence-corrected chi connectivity index (χ2v) is 7.95. The first-order chi connectivity index (χ1) is 15.5. The summed E-state index contributed by atoms with van der Waals surface area (Å²) in [7, 11) is 0. The molecule has 0 spiro atoms. The van der Waals surface area contributed by atoms with Crippen LogP contribution in [0.1, 0.15) is 21.5 Å². The van der Waals surface area contributed by atoms with Gasteiger partial charge in [-0.05, 0) is 60.4 Å². The molecule has 0 bridgehead atoms. The maximum atomic E-state index is 12.1. The Morgan fingerprint density at radius 3 is 2.66 bits per heavy atom. The van der Waals surface area contributed by atoms with Gasteiger partial charge in [0.05, 0.1) is 18.9 Å². The van der Waals surface area contributed by atoms with E-state index in [-0.39, 0.29) is 0 Å². The molecule has 32 heavy (non-hydrogen) atoms. The number of hydrogen-bond donors (Lipinski definition) is 2. The Kier molecular flexibility index (Phi) is 5.07. The molecule has 0 unspecified atom stereocenters. The van der Waals surface area contributed by atoms with E-state index in [0.29, 0.717) is 18.8 Å². The Morgan fingerprint density at radius 2 is 1.94 bits per heavy atom. The Hall–Kier alpha value is -3.78. The van der Waals surface area contributed by atoms with E-state index in [0.717, 1.165) is 63.5 Å². The van der Waals surface area contributed by atoms with Crippen LogP contribution in [-0.4, -0.2) is 52.4 Å². The van der Waals surface area contributed by atoms with Crippen LogP contribution in [0.25, 0.3) is 33.4 Å². The van der Waals surface area contributed by atoms with Crippen LogP contribution < -0.4 is 10.6 Å². The van der Waals surface area contributed by atoms with Gasteiger partial charge < -0.3 is 15.4 Å². The summed E-state index contributed by atoms with van der Waals surface area (Å²) in [6.45, 7) is 6.83. The highest BCUT2D eigenvalue weighted by molar-refractivity contribution is 6.04. The number of fused-ring (bicyclic) bond motifs is 1. The summed E-state index contributed by atoms with van der Waals surface area (Å²) in [5.74, 6) is 0.420. The fraction of sp³-hybridized carbons (Fsp3) is 0.250. The zero-order valence-electron chi connectivity index (χ0n) is 18.1. The van der Waals surface area contributed by atoms with Gasteiger partial charge in [0.2, 0.25) is 5.91 Å². The summed E-state index contributed by atoms with van der Waals surface area (Å²) in [4.78, 5) is 23.9. The largest absolute Gasteiger partial charge is 0.378 e. The third-order valence-corrected chi connectivity index (χ3v) is 6.01. The first-order valence-corrected chi connectivity index (χ1v) is 10.6. The Labute approximate surface area is 185 Å². The van der Waals surface area contributed by atoms with Crippen molar-refractivity contribution in [2.45, 2.75) is 13.8 Å². The number of hydrogen-bond acceptors (Lipinski definition) is 6. The van der Waals surface area contributed by atoms with Crippen LogP contribution in [-0.2, 0) is 4.74 Å². The molecule has 4 aromatic rings. The number of amides is 1. The van der Waals surface area contributed by atoms with Crippen LogP contribution in [0.5, 0.6) is 0 Å². The van der Waals surface area contributed by atoms with Crippen LogP contribution >= 0.6 is 0 Å². The number of nitrogens with two attached hydrogens (primary N) is 1. The lowest BCUT2D eigenvalue weighted by Gasteiger charge is -2.29. The smallest absolute Gasteiger partial charge is 0.248 e. The number of rotatable bonds is 4. The van der Waals surface area contributed by atoms with E-state index in [1.807, 2.05) is 32.0 Å². The number of primary amides is 1. The van der Waals surface area contributed by atoms with Crippen LogP contribution in [0.15, 0.2) is 42.7 Å². The number of carbonyl (C=O) groups is 1. The SMILES string of the molecule is Cc1ccc(C(N)=O)c(C)c1-c1cc(N2CCOCC2)nc2c(-c3ccn[nH]3)nccc12. The van der Waals surface area contributed by atoms with Gasteiger partial charge in [0.1, 0.15) is 17.0 Å². The van der Waals surface area contributed by atoms with Crippen molar-refractivity contribution in [3.05, 3.63) is 59.4 Å². The van der Waals surface area contributed by atoms with E-state index in [1.165, 1.54) is 0 Å². The predicted octanol–water partition coefficient (Wildman–Crippen LogP) is 3.24. The fourth-order valence-electron chi connectivity index (χ4n) is 4.41. The minimum absolute atomic E-state index is 0.435. The molecule has 0 atom stereocenters. The van der Waals surface area contributed by atoms with Crippen LogP contribution in [0.2, 0.25) is 0 Å². The maximum Gasteiger partial charge on any atom is 0.248 e. The second kappa shape index (κ2) is 8.05. The summed E-state index contributed by atoms with van der Waals surface area (Å²) < 4.78 is 5.54. The number of nitrogens with one attached hydrogen (secondary N) is 1. The second-order valence-electron chi connectivity index (χ2n) is 7.95. The molecule has 1 aliphatic heterocycles. The van der Waals surface area contributed by atoms with Crippen molar-refractivity contribution in [1.82, 2.24) is 20.2 Å². The fourth-order valence-corrected chi connectivity index (χ4v) is 4.41.